The number of hydrogen-bond donors (Lipinski definition) is 0. The van der Waals surface area contributed by atoms with Gasteiger partial charge in [0.15, 0.2) is 0 Å². The second-order valence-corrected chi connectivity index (χ2v) is 5.46. The molecule has 0 heterocycles. The molecule has 0 aliphatic carbocycles. The Hall–Kier alpha value is -1.20. The summed E-state index contributed by atoms with van der Waals surface area (Å²) in [7, 11) is 0. The van der Waals surface area contributed by atoms with Crippen molar-refractivity contribution in [3.63, 3.8) is 0 Å². The Morgan fingerprint density at radius 2 is 1.25 bits per heavy atom. The zero-order valence-electron chi connectivity index (χ0n) is 9.04. The van der Waals surface area contributed by atoms with E-state index in [9.17, 15) is 3.74 Å². The van der Waals surface area contributed by atoms with Gasteiger partial charge in [0.05, 0.1) is 0 Å². The summed E-state index contributed by atoms with van der Waals surface area (Å²) in [5, 5.41) is 0.817. The summed E-state index contributed by atoms with van der Waals surface area (Å²) in [6, 6.07) is 20.7. The van der Waals surface area contributed by atoms with Crippen LogP contribution in [0.4, 0.5) is 0 Å². The van der Waals surface area contributed by atoms with E-state index in [1.807, 2.05) is 36.4 Å². The Balaban J connectivity index is 2.35. The summed E-state index contributed by atoms with van der Waals surface area (Å²) in [5.41, 5.74) is 2.53. The summed E-state index contributed by atoms with van der Waals surface area (Å²) < 4.78 is 11.0. The van der Waals surface area contributed by atoms with E-state index in [0.29, 0.717) is 5.92 Å². The fourth-order valence-corrected chi connectivity index (χ4v) is 3.48. The van der Waals surface area contributed by atoms with Gasteiger partial charge in [0.2, 0.25) is 0 Å². The van der Waals surface area contributed by atoms with E-state index < -0.39 is 15.7 Å². The van der Waals surface area contributed by atoms with Crippen molar-refractivity contribution in [2.75, 3.05) is 0 Å². The maximum absolute atomic E-state index is 11.0. The second kappa shape index (κ2) is 5.77. The van der Waals surface area contributed by atoms with Crippen molar-refractivity contribution < 1.29 is 3.74 Å². The van der Waals surface area contributed by atoms with Crippen LogP contribution in [0.15, 0.2) is 60.7 Å². The van der Waals surface area contributed by atoms with Crippen molar-refractivity contribution in [3.05, 3.63) is 71.8 Å². The van der Waals surface area contributed by atoms with E-state index in [0.717, 1.165) is 5.21 Å². The first kappa shape index (κ1) is 11.3. The summed E-state index contributed by atoms with van der Waals surface area (Å²) in [6.45, 7) is 0. The van der Waals surface area contributed by atoms with Crippen LogP contribution in [0.5, 0.6) is 0 Å². The van der Waals surface area contributed by atoms with E-state index in [-0.39, 0.29) is 0 Å². The Labute approximate surface area is 102 Å². The molecule has 2 rings (SSSR count). The molecule has 0 radical (unpaired) electrons. The van der Waals surface area contributed by atoms with Gasteiger partial charge in [-0.2, -0.15) is 0 Å². The molecule has 0 saturated heterocycles. The zero-order valence-corrected chi connectivity index (χ0v) is 11.5. The predicted octanol–water partition coefficient (Wildman–Crippen LogP) is 2.75. The van der Waals surface area contributed by atoms with Crippen molar-refractivity contribution in [2.45, 2.75) is 11.1 Å². The Morgan fingerprint density at radius 1 is 0.812 bits per heavy atom. The second-order valence-electron chi connectivity index (χ2n) is 3.78. The van der Waals surface area contributed by atoms with Crippen LogP contribution in [-0.4, -0.2) is 15.7 Å². The first-order valence-electron chi connectivity index (χ1n) is 5.45. The fraction of sp³-hybridized carbons (Fsp3) is 0.143. The molecule has 16 heavy (non-hydrogen) atoms. The van der Waals surface area contributed by atoms with Gasteiger partial charge in [-0.3, -0.25) is 0 Å². The monoisotopic (exact) mass is 274 g/mol. The van der Waals surface area contributed by atoms with Crippen molar-refractivity contribution in [3.8, 4) is 0 Å². The normalized spacial score (nSPS) is 11.3. The molecule has 2 aromatic rings. The molecule has 0 aliphatic heterocycles. The Kier molecular flexibility index (Phi) is 4.07. The SMILES string of the molecule is O=[AsH2]CC(c1ccccc1)c1ccccc1. The molecular formula is C14H15AsO. The molecule has 0 bridgehead atoms. The minimum atomic E-state index is -1.31. The average molecular weight is 274 g/mol. The van der Waals surface area contributed by atoms with Crippen LogP contribution in [0.3, 0.4) is 0 Å². The molecule has 0 saturated carbocycles. The third kappa shape index (κ3) is 2.68. The van der Waals surface area contributed by atoms with Crippen molar-refractivity contribution >= 4 is 15.7 Å². The van der Waals surface area contributed by atoms with Crippen molar-refractivity contribution in [1.29, 1.82) is 0 Å². The first-order chi connectivity index (χ1) is 7.92. The van der Waals surface area contributed by atoms with E-state index in [1.54, 1.807) is 0 Å². The molecule has 0 spiro atoms. The fourth-order valence-electron chi connectivity index (χ4n) is 1.93. The molecule has 0 fully saturated rings. The van der Waals surface area contributed by atoms with E-state index in [1.165, 1.54) is 11.1 Å². The van der Waals surface area contributed by atoms with Crippen LogP contribution in [0.25, 0.3) is 0 Å². The molecule has 0 amide bonds. The minimum absolute atomic E-state index is 0.305. The van der Waals surface area contributed by atoms with Gasteiger partial charge in [-0.15, -0.1) is 0 Å². The average Bonchev–Trinajstić information content (AvgIpc) is 2.38. The van der Waals surface area contributed by atoms with Gasteiger partial charge >= 0.3 is 102 Å². The summed E-state index contributed by atoms with van der Waals surface area (Å²) in [4.78, 5) is 0. The van der Waals surface area contributed by atoms with Gasteiger partial charge in [-0.1, -0.05) is 0 Å². The summed E-state index contributed by atoms with van der Waals surface area (Å²) >= 11 is -1.31. The van der Waals surface area contributed by atoms with Crippen LogP contribution in [0.2, 0.25) is 5.21 Å². The van der Waals surface area contributed by atoms with Gasteiger partial charge in [0.1, 0.15) is 0 Å². The predicted molar refractivity (Wildman–Crippen MR) is 68.8 cm³/mol. The molecule has 1 unspecified atom stereocenters. The molecule has 1 nitrogen and oxygen atoms in total. The third-order valence-electron chi connectivity index (χ3n) is 2.74. The van der Waals surface area contributed by atoms with E-state index in [4.69, 9.17) is 0 Å². The topological polar surface area (TPSA) is 17.1 Å². The Morgan fingerprint density at radius 3 is 1.62 bits per heavy atom. The zero-order chi connectivity index (χ0) is 11.2. The first-order valence-corrected chi connectivity index (χ1v) is 8.15. The summed E-state index contributed by atoms with van der Waals surface area (Å²) in [6.07, 6.45) is 0. The van der Waals surface area contributed by atoms with E-state index in [2.05, 4.69) is 24.3 Å². The maximum atomic E-state index is 11.0. The van der Waals surface area contributed by atoms with Crippen LogP contribution in [0, 0.1) is 0 Å². The molecule has 2 aromatic carbocycles. The molecule has 2 heteroatoms. The number of rotatable bonds is 4. The molecule has 0 aromatic heterocycles. The number of hydrogen-bond acceptors (Lipinski definition) is 1. The van der Waals surface area contributed by atoms with Crippen LogP contribution in [0.1, 0.15) is 17.0 Å². The molecule has 0 aliphatic rings. The third-order valence-corrected chi connectivity index (χ3v) is 4.13. The van der Waals surface area contributed by atoms with E-state index >= 15 is 0 Å². The quantitative estimate of drug-likeness (QED) is 0.783. The van der Waals surface area contributed by atoms with Crippen molar-refractivity contribution in [1.82, 2.24) is 0 Å². The molecular weight excluding hydrogens is 259 g/mol. The standard InChI is InChI=1S/C14H15AsO/c16-15-11-14(12-7-3-1-4-8-12)13-9-5-2-6-10-13/h1-10,14H,11,15H2. The van der Waals surface area contributed by atoms with Crippen molar-refractivity contribution in [2.24, 2.45) is 0 Å². The van der Waals surface area contributed by atoms with Crippen LogP contribution >= 0.6 is 0 Å². The summed E-state index contributed by atoms with van der Waals surface area (Å²) in [5.74, 6) is 0.305. The Bertz CT molecular complexity index is 399. The van der Waals surface area contributed by atoms with Gasteiger partial charge in [-0.25, -0.2) is 0 Å². The number of benzene rings is 2. The van der Waals surface area contributed by atoms with Gasteiger partial charge in [0.25, 0.3) is 0 Å². The molecule has 0 N–H and O–H groups in total. The van der Waals surface area contributed by atoms with Crippen LogP contribution < -0.4 is 0 Å². The molecule has 82 valence electrons. The van der Waals surface area contributed by atoms with Gasteiger partial charge in [0, 0.05) is 0 Å². The molecule has 1 atom stereocenters. The van der Waals surface area contributed by atoms with Crippen LogP contribution in [-0.2, 0) is 3.74 Å². The van der Waals surface area contributed by atoms with Gasteiger partial charge < -0.3 is 0 Å². The van der Waals surface area contributed by atoms with Gasteiger partial charge in [-0.05, 0) is 0 Å².